The van der Waals surface area contributed by atoms with Gasteiger partial charge in [0.05, 0.1) is 5.60 Å². The first-order valence-electron chi connectivity index (χ1n) is 6.82. The molecule has 0 aliphatic heterocycles. The van der Waals surface area contributed by atoms with Gasteiger partial charge in [-0.3, -0.25) is 4.98 Å². The molecule has 1 heterocycles. The third-order valence-electron chi connectivity index (χ3n) is 4.04. The van der Waals surface area contributed by atoms with Crippen molar-refractivity contribution >= 4 is 0 Å². The lowest BCUT2D eigenvalue weighted by molar-refractivity contribution is -0.0329. The standard InChI is InChI=1S/C15H24N2O/c1-10-8-11(2)17-13(4)14(10)12(3)16-9-15(18)6-5-7-15/h8,12,16,18H,5-7,9H2,1-4H3. The van der Waals surface area contributed by atoms with E-state index in [1.54, 1.807) is 0 Å². The predicted molar refractivity (Wildman–Crippen MR) is 73.7 cm³/mol. The van der Waals surface area contributed by atoms with Crippen LogP contribution in [-0.4, -0.2) is 22.2 Å². The molecule has 1 aliphatic rings. The van der Waals surface area contributed by atoms with E-state index in [1.165, 1.54) is 11.1 Å². The van der Waals surface area contributed by atoms with Crippen molar-refractivity contribution in [1.29, 1.82) is 0 Å². The van der Waals surface area contributed by atoms with Gasteiger partial charge >= 0.3 is 0 Å². The Bertz CT molecular complexity index is 415. The van der Waals surface area contributed by atoms with E-state index in [9.17, 15) is 5.11 Å². The second kappa shape index (κ2) is 4.98. The van der Waals surface area contributed by atoms with Crippen LogP contribution in [-0.2, 0) is 0 Å². The van der Waals surface area contributed by atoms with E-state index >= 15 is 0 Å². The Morgan fingerprint density at radius 2 is 2.06 bits per heavy atom. The van der Waals surface area contributed by atoms with E-state index in [-0.39, 0.29) is 6.04 Å². The lowest BCUT2D eigenvalue weighted by Gasteiger charge is -2.37. The van der Waals surface area contributed by atoms with Crippen LogP contribution in [0.15, 0.2) is 6.07 Å². The molecule has 1 unspecified atom stereocenters. The number of rotatable bonds is 4. The monoisotopic (exact) mass is 248 g/mol. The highest BCUT2D eigenvalue weighted by Crippen LogP contribution is 2.31. The normalized spacial score (nSPS) is 19.4. The second-order valence-electron chi connectivity index (χ2n) is 5.76. The van der Waals surface area contributed by atoms with Gasteiger partial charge in [0.15, 0.2) is 0 Å². The molecular weight excluding hydrogens is 224 g/mol. The molecule has 2 rings (SSSR count). The van der Waals surface area contributed by atoms with Crippen molar-refractivity contribution in [3.63, 3.8) is 0 Å². The average molecular weight is 248 g/mol. The van der Waals surface area contributed by atoms with Crippen LogP contribution in [0.3, 0.4) is 0 Å². The molecule has 0 spiro atoms. The third-order valence-corrected chi connectivity index (χ3v) is 4.04. The summed E-state index contributed by atoms with van der Waals surface area (Å²) in [7, 11) is 0. The van der Waals surface area contributed by atoms with E-state index in [1.807, 2.05) is 6.92 Å². The van der Waals surface area contributed by atoms with E-state index in [0.717, 1.165) is 30.7 Å². The van der Waals surface area contributed by atoms with Gasteiger partial charge in [-0.15, -0.1) is 0 Å². The van der Waals surface area contributed by atoms with Crippen molar-refractivity contribution in [3.8, 4) is 0 Å². The number of aryl methyl sites for hydroxylation is 3. The Hall–Kier alpha value is -0.930. The molecule has 0 bridgehead atoms. The maximum absolute atomic E-state index is 10.1. The summed E-state index contributed by atoms with van der Waals surface area (Å²) in [5.41, 5.74) is 4.24. The van der Waals surface area contributed by atoms with Gasteiger partial charge < -0.3 is 10.4 Å². The molecule has 2 N–H and O–H groups in total. The summed E-state index contributed by atoms with van der Waals surface area (Å²) in [4.78, 5) is 4.53. The van der Waals surface area contributed by atoms with E-state index in [2.05, 4.69) is 37.1 Å². The number of nitrogens with zero attached hydrogens (tertiary/aromatic N) is 1. The summed E-state index contributed by atoms with van der Waals surface area (Å²) < 4.78 is 0. The minimum atomic E-state index is -0.464. The quantitative estimate of drug-likeness (QED) is 0.861. The summed E-state index contributed by atoms with van der Waals surface area (Å²) in [6.45, 7) is 9.05. The predicted octanol–water partition coefficient (Wildman–Crippen LogP) is 2.57. The van der Waals surface area contributed by atoms with Crippen LogP contribution < -0.4 is 5.32 Å². The molecular formula is C15H24N2O. The first-order chi connectivity index (χ1) is 8.41. The van der Waals surface area contributed by atoms with Gasteiger partial charge in [-0.05, 0) is 64.2 Å². The van der Waals surface area contributed by atoms with Gasteiger partial charge in [0.2, 0.25) is 0 Å². The van der Waals surface area contributed by atoms with Crippen LogP contribution in [0.25, 0.3) is 0 Å². The molecule has 0 amide bonds. The van der Waals surface area contributed by atoms with Crippen molar-refractivity contribution in [1.82, 2.24) is 10.3 Å². The van der Waals surface area contributed by atoms with E-state index in [4.69, 9.17) is 0 Å². The summed E-state index contributed by atoms with van der Waals surface area (Å²) in [5, 5.41) is 13.6. The van der Waals surface area contributed by atoms with Crippen molar-refractivity contribution in [2.75, 3.05) is 6.54 Å². The molecule has 0 radical (unpaired) electrons. The van der Waals surface area contributed by atoms with Gasteiger partial charge in [0.1, 0.15) is 0 Å². The smallest absolute Gasteiger partial charge is 0.0771 e. The van der Waals surface area contributed by atoms with Gasteiger partial charge in [-0.1, -0.05) is 0 Å². The van der Waals surface area contributed by atoms with Crippen LogP contribution in [0.1, 0.15) is 54.7 Å². The molecule has 1 aromatic heterocycles. The van der Waals surface area contributed by atoms with Gasteiger partial charge in [0, 0.05) is 24.0 Å². The molecule has 1 fully saturated rings. The highest BCUT2D eigenvalue weighted by atomic mass is 16.3. The molecule has 3 nitrogen and oxygen atoms in total. The zero-order valence-electron chi connectivity index (χ0n) is 11.9. The zero-order chi connectivity index (χ0) is 13.3. The lowest BCUT2D eigenvalue weighted by atomic mass is 9.80. The summed E-state index contributed by atoms with van der Waals surface area (Å²) in [6.07, 6.45) is 3.00. The molecule has 0 aromatic carbocycles. The molecule has 18 heavy (non-hydrogen) atoms. The first-order valence-corrected chi connectivity index (χ1v) is 6.82. The fourth-order valence-corrected chi connectivity index (χ4v) is 2.90. The largest absolute Gasteiger partial charge is 0.389 e. The summed E-state index contributed by atoms with van der Waals surface area (Å²) >= 11 is 0. The number of aromatic nitrogens is 1. The molecule has 3 heteroatoms. The summed E-state index contributed by atoms with van der Waals surface area (Å²) in [6, 6.07) is 2.36. The van der Waals surface area contributed by atoms with Gasteiger partial charge in [-0.25, -0.2) is 0 Å². The minimum Gasteiger partial charge on any atom is -0.389 e. The van der Waals surface area contributed by atoms with Crippen molar-refractivity contribution in [3.05, 3.63) is 28.6 Å². The van der Waals surface area contributed by atoms with Gasteiger partial charge in [-0.2, -0.15) is 0 Å². The maximum Gasteiger partial charge on any atom is 0.0771 e. The molecule has 1 aliphatic carbocycles. The molecule has 1 aromatic rings. The molecule has 1 atom stereocenters. The van der Waals surface area contributed by atoms with Crippen molar-refractivity contribution in [2.24, 2.45) is 0 Å². The van der Waals surface area contributed by atoms with Crippen molar-refractivity contribution < 1.29 is 5.11 Å². The number of nitrogens with one attached hydrogen (secondary N) is 1. The topological polar surface area (TPSA) is 45.1 Å². The second-order valence-corrected chi connectivity index (χ2v) is 5.76. The number of hydrogen-bond donors (Lipinski definition) is 2. The maximum atomic E-state index is 10.1. The molecule has 1 saturated carbocycles. The SMILES string of the molecule is Cc1cc(C)c(C(C)NCC2(O)CCC2)c(C)n1. The van der Waals surface area contributed by atoms with Gasteiger partial charge in [0.25, 0.3) is 0 Å². The summed E-state index contributed by atoms with van der Waals surface area (Å²) in [5.74, 6) is 0. The Balaban J connectivity index is 2.06. The highest BCUT2D eigenvalue weighted by Gasteiger charge is 2.34. The van der Waals surface area contributed by atoms with Crippen LogP contribution in [0.2, 0.25) is 0 Å². The zero-order valence-corrected chi connectivity index (χ0v) is 11.9. The Morgan fingerprint density at radius 3 is 2.56 bits per heavy atom. The van der Waals surface area contributed by atoms with Crippen LogP contribution in [0.5, 0.6) is 0 Å². The van der Waals surface area contributed by atoms with Crippen LogP contribution in [0.4, 0.5) is 0 Å². The number of aliphatic hydroxyl groups is 1. The Kier molecular flexibility index (Phi) is 3.74. The fourth-order valence-electron chi connectivity index (χ4n) is 2.90. The third kappa shape index (κ3) is 2.73. The lowest BCUT2D eigenvalue weighted by Crippen LogP contribution is -2.46. The van der Waals surface area contributed by atoms with E-state index < -0.39 is 5.60 Å². The number of pyridine rings is 1. The average Bonchev–Trinajstić information content (AvgIpc) is 2.22. The molecule has 100 valence electrons. The van der Waals surface area contributed by atoms with Crippen LogP contribution in [0, 0.1) is 20.8 Å². The minimum absolute atomic E-state index is 0.239. The van der Waals surface area contributed by atoms with Crippen LogP contribution >= 0.6 is 0 Å². The van der Waals surface area contributed by atoms with Crippen molar-refractivity contribution in [2.45, 2.75) is 58.6 Å². The number of hydrogen-bond acceptors (Lipinski definition) is 3. The Morgan fingerprint density at radius 1 is 1.39 bits per heavy atom. The van der Waals surface area contributed by atoms with E-state index in [0.29, 0.717) is 6.54 Å². The highest BCUT2D eigenvalue weighted by molar-refractivity contribution is 5.33. The first kappa shape index (κ1) is 13.5. The fraction of sp³-hybridized carbons (Fsp3) is 0.667. The molecule has 0 saturated heterocycles. The Labute approximate surface area is 110 Å².